The summed E-state index contributed by atoms with van der Waals surface area (Å²) < 4.78 is 37.5. The number of benzene rings is 2. The minimum absolute atomic E-state index is 0.260. The molecule has 0 spiro atoms. The second-order valence-corrected chi connectivity index (χ2v) is 7.08. The summed E-state index contributed by atoms with van der Waals surface area (Å²) in [4.78, 5) is 0.260. The Morgan fingerprint density at radius 2 is 1.59 bits per heavy atom. The van der Waals surface area contributed by atoms with Crippen LogP contribution < -0.4 is 13.8 Å². The maximum absolute atomic E-state index is 12.7. The average molecular weight is 319 g/mol. The SMILES string of the molecule is Cc1ccc(S(=O)(=O)N(C)c2ccc3c(c2)OCCO3)cc1. The Morgan fingerprint density at radius 3 is 2.27 bits per heavy atom. The molecule has 0 saturated carbocycles. The van der Waals surface area contributed by atoms with E-state index in [4.69, 9.17) is 9.47 Å². The van der Waals surface area contributed by atoms with Crippen LogP contribution in [-0.4, -0.2) is 28.7 Å². The van der Waals surface area contributed by atoms with Gasteiger partial charge in [-0.15, -0.1) is 0 Å². The maximum atomic E-state index is 12.7. The average Bonchev–Trinajstić information content (AvgIpc) is 2.54. The fraction of sp³-hybridized carbons (Fsp3) is 0.250. The van der Waals surface area contributed by atoms with Crippen molar-refractivity contribution in [3.05, 3.63) is 48.0 Å². The molecule has 0 N–H and O–H groups in total. The second kappa shape index (κ2) is 5.53. The first-order valence-corrected chi connectivity index (χ1v) is 8.38. The molecule has 116 valence electrons. The van der Waals surface area contributed by atoms with E-state index in [0.29, 0.717) is 30.4 Å². The molecule has 0 radical (unpaired) electrons. The van der Waals surface area contributed by atoms with Gasteiger partial charge >= 0.3 is 0 Å². The van der Waals surface area contributed by atoms with Crippen molar-refractivity contribution in [2.24, 2.45) is 0 Å². The molecule has 3 rings (SSSR count). The van der Waals surface area contributed by atoms with Crippen LogP contribution in [0.2, 0.25) is 0 Å². The number of aryl methyl sites for hydroxylation is 1. The standard InChI is InChI=1S/C16H17NO4S/c1-12-3-6-14(7-4-12)22(18,19)17(2)13-5-8-15-16(11-13)21-10-9-20-15/h3-8,11H,9-10H2,1-2H3. The third-order valence-corrected chi connectivity index (χ3v) is 5.37. The van der Waals surface area contributed by atoms with E-state index in [2.05, 4.69) is 0 Å². The minimum atomic E-state index is -3.60. The van der Waals surface area contributed by atoms with Crippen molar-refractivity contribution in [3.8, 4) is 11.5 Å². The molecular weight excluding hydrogens is 302 g/mol. The first-order chi connectivity index (χ1) is 10.5. The summed E-state index contributed by atoms with van der Waals surface area (Å²) in [5.41, 5.74) is 1.55. The highest BCUT2D eigenvalue weighted by Crippen LogP contribution is 2.35. The van der Waals surface area contributed by atoms with Crippen LogP contribution in [0, 0.1) is 6.92 Å². The lowest BCUT2D eigenvalue weighted by Crippen LogP contribution is -2.26. The lowest BCUT2D eigenvalue weighted by molar-refractivity contribution is 0.171. The van der Waals surface area contributed by atoms with E-state index < -0.39 is 10.0 Å². The molecule has 0 fully saturated rings. The molecule has 0 saturated heterocycles. The van der Waals surface area contributed by atoms with E-state index in [1.807, 2.05) is 6.92 Å². The number of sulfonamides is 1. The molecule has 0 aliphatic carbocycles. The number of anilines is 1. The Hall–Kier alpha value is -2.21. The van der Waals surface area contributed by atoms with E-state index in [1.165, 1.54) is 11.4 Å². The molecular formula is C16H17NO4S. The summed E-state index contributed by atoms with van der Waals surface area (Å²) in [6, 6.07) is 11.9. The van der Waals surface area contributed by atoms with Gasteiger partial charge in [-0.2, -0.15) is 0 Å². The lowest BCUT2D eigenvalue weighted by atomic mass is 10.2. The van der Waals surface area contributed by atoms with Crippen molar-refractivity contribution in [1.82, 2.24) is 0 Å². The van der Waals surface area contributed by atoms with Gasteiger partial charge in [0.2, 0.25) is 0 Å². The third-order valence-electron chi connectivity index (χ3n) is 3.57. The Morgan fingerprint density at radius 1 is 0.955 bits per heavy atom. The maximum Gasteiger partial charge on any atom is 0.264 e. The number of ether oxygens (including phenoxy) is 2. The number of rotatable bonds is 3. The highest BCUT2D eigenvalue weighted by Gasteiger charge is 2.23. The smallest absolute Gasteiger partial charge is 0.264 e. The minimum Gasteiger partial charge on any atom is -0.486 e. The van der Waals surface area contributed by atoms with E-state index in [1.54, 1.807) is 42.5 Å². The highest BCUT2D eigenvalue weighted by molar-refractivity contribution is 7.92. The van der Waals surface area contributed by atoms with Gasteiger partial charge in [-0.05, 0) is 31.2 Å². The highest BCUT2D eigenvalue weighted by atomic mass is 32.2. The molecule has 6 heteroatoms. The first kappa shape index (κ1) is 14.7. The summed E-state index contributed by atoms with van der Waals surface area (Å²) in [6.07, 6.45) is 0. The predicted molar refractivity (Wildman–Crippen MR) is 84.2 cm³/mol. The molecule has 0 aromatic heterocycles. The first-order valence-electron chi connectivity index (χ1n) is 6.94. The summed E-state index contributed by atoms with van der Waals surface area (Å²) in [5, 5.41) is 0. The molecule has 1 aliphatic rings. The van der Waals surface area contributed by atoms with Crippen molar-refractivity contribution in [3.63, 3.8) is 0 Å². The molecule has 2 aromatic rings. The van der Waals surface area contributed by atoms with Gasteiger partial charge in [-0.3, -0.25) is 4.31 Å². The Labute approximate surface area is 130 Å². The van der Waals surface area contributed by atoms with Crippen molar-refractivity contribution in [2.75, 3.05) is 24.6 Å². The van der Waals surface area contributed by atoms with Crippen LogP contribution in [0.4, 0.5) is 5.69 Å². The second-order valence-electron chi connectivity index (χ2n) is 5.11. The molecule has 0 amide bonds. The predicted octanol–water partition coefficient (Wildman–Crippen LogP) is 2.59. The van der Waals surface area contributed by atoms with Gasteiger partial charge in [-0.1, -0.05) is 17.7 Å². The van der Waals surface area contributed by atoms with Gasteiger partial charge in [0.15, 0.2) is 11.5 Å². The van der Waals surface area contributed by atoms with Crippen LogP contribution in [0.15, 0.2) is 47.4 Å². The van der Waals surface area contributed by atoms with Gasteiger partial charge in [0, 0.05) is 13.1 Å². The molecule has 5 nitrogen and oxygen atoms in total. The topological polar surface area (TPSA) is 55.8 Å². The Kier molecular flexibility index (Phi) is 3.70. The number of hydrogen-bond donors (Lipinski definition) is 0. The number of nitrogens with zero attached hydrogens (tertiary/aromatic N) is 1. The molecule has 1 heterocycles. The molecule has 0 unspecified atom stereocenters. The summed E-state index contributed by atoms with van der Waals surface area (Å²) in [6.45, 7) is 2.88. The van der Waals surface area contributed by atoms with E-state index in [0.717, 1.165) is 5.56 Å². The monoisotopic (exact) mass is 319 g/mol. The summed E-state index contributed by atoms with van der Waals surface area (Å²) in [5.74, 6) is 1.20. The van der Waals surface area contributed by atoms with Crippen LogP contribution >= 0.6 is 0 Å². The van der Waals surface area contributed by atoms with Crippen LogP contribution in [-0.2, 0) is 10.0 Å². The zero-order valence-corrected chi connectivity index (χ0v) is 13.3. The van der Waals surface area contributed by atoms with Gasteiger partial charge in [0.05, 0.1) is 10.6 Å². The molecule has 0 bridgehead atoms. The largest absolute Gasteiger partial charge is 0.486 e. The fourth-order valence-corrected chi connectivity index (χ4v) is 3.42. The molecule has 0 atom stereocenters. The fourth-order valence-electron chi connectivity index (χ4n) is 2.24. The van der Waals surface area contributed by atoms with Crippen LogP contribution in [0.25, 0.3) is 0 Å². The van der Waals surface area contributed by atoms with Gasteiger partial charge in [0.25, 0.3) is 10.0 Å². The quantitative estimate of drug-likeness (QED) is 0.872. The lowest BCUT2D eigenvalue weighted by Gasteiger charge is -2.23. The molecule has 22 heavy (non-hydrogen) atoms. The van der Waals surface area contributed by atoms with Crippen LogP contribution in [0.1, 0.15) is 5.56 Å². The van der Waals surface area contributed by atoms with Gasteiger partial charge in [0.1, 0.15) is 13.2 Å². The zero-order chi connectivity index (χ0) is 15.7. The summed E-state index contributed by atoms with van der Waals surface area (Å²) in [7, 11) is -2.07. The van der Waals surface area contributed by atoms with Crippen molar-refractivity contribution >= 4 is 15.7 Å². The van der Waals surface area contributed by atoms with Crippen molar-refractivity contribution < 1.29 is 17.9 Å². The third kappa shape index (κ3) is 2.62. The molecule has 2 aromatic carbocycles. The van der Waals surface area contributed by atoms with Gasteiger partial charge in [-0.25, -0.2) is 8.42 Å². The van der Waals surface area contributed by atoms with Crippen LogP contribution in [0.5, 0.6) is 11.5 Å². The van der Waals surface area contributed by atoms with Crippen molar-refractivity contribution in [1.29, 1.82) is 0 Å². The van der Waals surface area contributed by atoms with Crippen LogP contribution in [0.3, 0.4) is 0 Å². The number of fused-ring (bicyclic) bond motifs is 1. The Bertz CT molecular complexity index is 784. The van der Waals surface area contributed by atoms with E-state index >= 15 is 0 Å². The molecule has 1 aliphatic heterocycles. The van der Waals surface area contributed by atoms with E-state index in [-0.39, 0.29) is 4.90 Å². The number of hydrogen-bond acceptors (Lipinski definition) is 4. The Balaban J connectivity index is 1.95. The van der Waals surface area contributed by atoms with Crippen molar-refractivity contribution in [2.45, 2.75) is 11.8 Å². The summed E-state index contributed by atoms with van der Waals surface area (Å²) >= 11 is 0. The zero-order valence-electron chi connectivity index (χ0n) is 12.4. The van der Waals surface area contributed by atoms with Gasteiger partial charge < -0.3 is 9.47 Å². The van der Waals surface area contributed by atoms with E-state index in [9.17, 15) is 8.42 Å². The normalized spacial score (nSPS) is 13.7.